The first-order valence-corrected chi connectivity index (χ1v) is 5.52. The molecule has 2 aromatic rings. The second-order valence-corrected chi connectivity index (χ2v) is 4.26. The van der Waals surface area contributed by atoms with Gasteiger partial charge in [-0.3, -0.25) is 4.68 Å². The third kappa shape index (κ3) is 2.81. The van der Waals surface area contributed by atoms with Crippen molar-refractivity contribution in [2.24, 2.45) is 7.05 Å². The number of aryl methyl sites for hydroxylation is 1. The van der Waals surface area contributed by atoms with E-state index in [4.69, 9.17) is 0 Å². The van der Waals surface area contributed by atoms with E-state index in [0.717, 1.165) is 10.9 Å². The van der Waals surface area contributed by atoms with Crippen LogP contribution in [-0.4, -0.2) is 27.2 Å². The van der Waals surface area contributed by atoms with E-state index in [1.54, 1.807) is 23.9 Å². The third-order valence-electron chi connectivity index (χ3n) is 2.73. The van der Waals surface area contributed by atoms with E-state index < -0.39 is 18.7 Å². The molecule has 0 radical (unpaired) electrons. The molecule has 0 saturated heterocycles. The highest BCUT2D eigenvalue weighted by Gasteiger charge is 2.31. The minimum atomic E-state index is -4.36. The largest absolute Gasteiger partial charge is 0.392 e. The quantitative estimate of drug-likeness (QED) is 0.918. The first-order chi connectivity index (χ1) is 8.37. The van der Waals surface area contributed by atoms with E-state index in [9.17, 15) is 18.3 Å². The summed E-state index contributed by atoms with van der Waals surface area (Å²) in [6, 6.07) is 7.25. The molecular formula is C12H13F3N2O. The zero-order valence-corrected chi connectivity index (χ0v) is 9.78. The first kappa shape index (κ1) is 12.9. The number of hydrogen-bond acceptors (Lipinski definition) is 2. The second-order valence-electron chi connectivity index (χ2n) is 4.26. The Morgan fingerprint density at radius 1 is 1.33 bits per heavy atom. The molecule has 0 spiro atoms. The summed E-state index contributed by atoms with van der Waals surface area (Å²) in [5.41, 5.74) is 1.33. The average molecular weight is 258 g/mol. The molecule has 1 unspecified atom stereocenters. The number of aliphatic hydroxyl groups is 1. The summed E-state index contributed by atoms with van der Waals surface area (Å²) in [6.07, 6.45) is -7.12. The Morgan fingerprint density at radius 3 is 2.67 bits per heavy atom. The van der Waals surface area contributed by atoms with Crippen LogP contribution < -0.4 is 0 Å². The van der Waals surface area contributed by atoms with Crippen LogP contribution in [0.2, 0.25) is 0 Å². The van der Waals surface area contributed by atoms with E-state index in [-0.39, 0.29) is 6.42 Å². The van der Waals surface area contributed by atoms with Crippen LogP contribution in [0.25, 0.3) is 10.9 Å². The molecule has 0 bridgehead atoms. The predicted molar refractivity (Wildman–Crippen MR) is 61.1 cm³/mol. The zero-order valence-electron chi connectivity index (χ0n) is 9.78. The molecule has 3 nitrogen and oxygen atoms in total. The van der Waals surface area contributed by atoms with Gasteiger partial charge in [-0.15, -0.1) is 0 Å². The Balaban J connectivity index is 2.22. The van der Waals surface area contributed by atoms with Crippen molar-refractivity contribution in [1.82, 2.24) is 9.78 Å². The number of benzene rings is 1. The van der Waals surface area contributed by atoms with Crippen LogP contribution in [-0.2, 0) is 13.5 Å². The van der Waals surface area contributed by atoms with Gasteiger partial charge in [-0.25, -0.2) is 0 Å². The normalized spacial score (nSPS) is 14.1. The second kappa shape index (κ2) is 4.61. The molecule has 2 rings (SSSR count). The van der Waals surface area contributed by atoms with Crippen LogP contribution in [0.15, 0.2) is 24.3 Å². The third-order valence-corrected chi connectivity index (χ3v) is 2.73. The van der Waals surface area contributed by atoms with E-state index in [0.29, 0.717) is 5.69 Å². The van der Waals surface area contributed by atoms with Crippen molar-refractivity contribution in [3.8, 4) is 0 Å². The van der Waals surface area contributed by atoms with Gasteiger partial charge in [-0.1, -0.05) is 18.2 Å². The van der Waals surface area contributed by atoms with Crippen LogP contribution >= 0.6 is 0 Å². The molecule has 1 aromatic carbocycles. The summed E-state index contributed by atoms with van der Waals surface area (Å²) >= 11 is 0. The molecule has 0 aliphatic rings. The van der Waals surface area contributed by atoms with Crippen LogP contribution in [0.4, 0.5) is 13.2 Å². The van der Waals surface area contributed by atoms with Gasteiger partial charge in [0, 0.05) is 18.9 Å². The minimum absolute atomic E-state index is 0.0964. The maximum absolute atomic E-state index is 12.1. The minimum Gasteiger partial charge on any atom is -0.392 e. The van der Waals surface area contributed by atoms with Gasteiger partial charge in [0.2, 0.25) is 0 Å². The molecule has 1 aromatic heterocycles. The summed E-state index contributed by atoms with van der Waals surface area (Å²) in [6.45, 7) is 0. The summed E-state index contributed by atoms with van der Waals surface area (Å²) in [7, 11) is 1.72. The van der Waals surface area contributed by atoms with Crippen LogP contribution in [0, 0.1) is 0 Å². The fourth-order valence-corrected chi connectivity index (χ4v) is 2.00. The number of nitrogens with zero attached hydrogens (tertiary/aromatic N) is 2. The van der Waals surface area contributed by atoms with Crippen LogP contribution in [0.5, 0.6) is 0 Å². The number of hydrogen-bond donors (Lipinski definition) is 1. The lowest BCUT2D eigenvalue weighted by Crippen LogP contribution is -2.21. The van der Waals surface area contributed by atoms with E-state index in [1.807, 2.05) is 12.1 Å². The maximum Gasteiger partial charge on any atom is 0.391 e. The Labute approximate surface area is 102 Å². The van der Waals surface area contributed by atoms with Gasteiger partial charge in [-0.2, -0.15) is 18.3 Å². The van der Waals surface area contributed by atoms with Crippen molar-refractivity contribution in [1.29, 1.82) is 0 Å². The van der Waals surface area contributed by atoms with Crippen molar-refractivity contribution < 1.29 is 18.3 Å². The lowest BCUT2D eigenvalue weighted by Gasteiger charge is -2.11. The number of alkyl halides is 3. The lowest BCUT2D eigenvalue weighted by molar-refractivity contribution is -0.153. The lowest BCUT2D eigenvalue weighted by atomic mass is 10.1. The molecule has 1 N–H and O–H groups in total. The predicted octanol–water partition coefficient (Wildman–Crippen LogP) is 2.43. The fraction of sp³-hybridized carbons (Fsp3) is 0.417. The molecule has 18 heavy (non-hydrogen) atoms. The summed E-state index contributed by atoms with van der Waals surface area (Å²) in [5, 5.41) is 14.4. The van der Waals surface area contributed by atoms with Gasteiger partial charge in [0.15, 0.2) is 0 Å². The topological polar surface area (TPSA) is 38.0 Å². The van der Waals surface area contributed by atoms with Gasteiger partial charge >= 0.3 is 6.18 Å². The standard InChI is InChI=1S/C12H13F3N2O/c1-17-11-5-3-2-4-9(11)10(16-17)6-8(18)7-12(13,14)15/h2-5,8,18H,6-7H2,1H3. The average Bonchev–Trinajstić information content (AvgIpc) is 2.54. The maximum atomic E-state index is 12.1. The number of aliphatic hydroxyl groups excluding tert-OH is 1. The Bertz CT molecular complexity index is 548. The van der Waals surface area contributed by atoms with Gasteiger partial charge in [0.1, 0.15) is 0 Å². The molecule has 0 saturated carbocycles. The highest BCUT2D eigenvalue weighted by Crippen LogP contribution is 2.25. The molecule has 0 aliphatic heterocycles. The molecule has 1 heterocycles. The van der Waals surface area contributed by atoms with Gasteiger partial charge in [0.05, 0.1) is 23.7 Å². The number of rotatable bonds is 3. The molecular weight excluding hydrogens is 245 g/mol. The highest BCUT2D eigenvalue weighted by molar-refractivity contribution is 5.81. The first-order valence-electron chi connectivity index (χ1n) is 5.52. The van der Waals surface area contributed by atoms with Gasteiger partial charge in [-0.05, 0) is 6.07 Å². The SMILES string of the molecule is Cn1nc(CC(O)CC(F)(F)F)c2ccccc21. The number of fused-ring (bicyclic) bond motifs is 1. The highest BCUT2D eigenvalue weighted by atomic mass is 19.4. The summed E-state index contributed by atoms with van der Waals surface area (Å²) < 4.78 is 38.0. The summed E-state index contributed by atoms with van der Waals surface area (Å²) in [5.74, 6) is 0. The molecule has 0 aliphatic carbocycles. The smallest absolute Gasteiger partial charge is 0.391 e. The Kier molecular flexibility index (Phi) is 3.30. The zero-order chi connectivity index (χ0) is 13.3. The van der Waals surface area contributed by atoms with Crippen LogP contribution in [0.3, 0.4) is 0 Å². The monoisotopic (exact) mass is 258 g/mol. The summed E-state index contributed by atoms with van der Waals surface area (Å²) in [4.78, 5) is 0. The Morgan fingerprint density at radius 2 is 2.00 bits per heavy atom. The van der Waals surface area contributed by atoms with E-state index in [2.05, 4.69) is 5.10 Å². The molecule has 1 atom stereocenters. The fourth-order valence-electron chi connectivity index (χ4n) is 2.00. The molecule has 0 fully saturated rings. The van der Waals surface area contributed by atoms with Crippen molar-refractivity contribution in [3.63, 3.8) is 0 Å². The van der Waals surface area contributed by atoms with Crippen molar-refractivity contribution in [3.05, 3.63) is 30.0 Å². The Hall–Kier alpha value is -1.56. The number of para-hydroxylation sites is 1. The van der Waals surface area contributed by atoms with Gasteiger partial charge in [0.25, 0.3) is 0 Å². The number of aromatic nitrogens is 2. The van der Waals surface area contributed by atoms with Crippen LogP contribution in [0.1, 0.15) is 12.1 Å². The van der Waals surface area contributed by atoms with Crippen molar-refractivity contribution in [2.45, 2.75) is 25.1 Å². The van der Waals surface area contributed by atoms with E-state index >= 15 is 0 Å². The molecule has 0 amide bonds. The van der Waals surface area contributed by atoms with Crippen molar-refractivity contribution in [2.75, 3.05) is 0 Å². The number of halogens is 3. The molecule has 98 valence electrons. The van der Waals surface area contributed by atoms with Gasteiger partial charge < -0.3 is 5.11 Å². The molecule has 6 heteroatoms. The van der Waals surface area contributed by atoms with E-state index in [1.165, 1.54) is 0 Å². The van der Waals surface area contributed by atoms with Crippen molar-refractivity contribution >= 4 is 10.9 Å².